The highest BCUT2D eigenvalue weighted by Crippen LogP contribution is 2.17. The van der Waals surface area contributed by atoms with Gasteiger partial charge in [-0.3, -0.25) is 9.78 Å². The van der Waals surface area contributed by atoms with E-state index in [1.807, 2.05) is 6.07 Å². The number of H-pyrrole nitrogens is 1. The molecule has 0 fully saturated rings. The second-order valence-corrected chi connectivity index (χ2v) is 4.20. The van der Waals surface area contributed by atoms with E-state index in [-0.39, 0.29) is 11.4 Å². The van der Waals surface area contributed by atoms with Gasteiger partial charge in [0.2, 0.25) is 0 Å². The number of nitrogens with one attached hydrogen (secondary N) is 1. The topological polar surface area (TPSA) is 58.6 Å². The van der Waals surface area contributed by atoms with Gasteiger partial charge in [0.25, 0.3) is 5.56 Å². The van der Waals surface area contributed by atoms with Crippen LogP contribution in [0.25, 0.3) is 22.8 Å². The Morgan fingerprint density at radius 3 is 2.50 bits per heavy atom. The minimum atomic E-state index is -0.336. The van der Waals surface area contributed by atoms with Crippen molar-refractivity contribution in [2.75, 3.05) is 0 Å². The summed E-state index contributed by atoms with van der Waals surface area (Å²) in [5.41, 5.74) is 1.46. The van der Waals surface area contributed by atoms with Crippen molar-refractivity contribution in [1.29, 1.82) is 0 Å². The molecule has 0 bridgehead atoms. The van der Waals surface area contributed by atoms with Crippen LogP contribution >= 0.6 is 0 Å². The molecule has 20 heavy (non-hydrogen) atoms. The lowest BCUT2D eigenvalue weighted by Gasteiger charge is -2.04. The summed E-state index contributed by atoms with van der Waals surface area (Å²) in [4.78, 5) is 22.9. The summed E-state index contributed by atoms with van der Waals surface area (Å²) < 4.78 is 12.9. The van der Waals surface area contributed by atoms with Crippen LogP contribution in [0.15, 0.2) is 59.5 Å². The van der Waals surface area contributed by atoms with Crippen molar-refractivity contribution < 1.29 is 4.39 Å². The van der Waals surface area contributed by atoms with E-state index in [1.54, 1.807) is 30.5 Å². The van der Waals surface area contributed by atoms with Gasteiger partial charge in [-0.1, -0.05) is 6.07 Å². The highest BCUT2D eigenvalue weighted by atomic mass is 19.1. The average Bonchev–Trinajstić information content (AvgIpc) is 2.48. The molecule has 0 aliphatic carbocycles. The van der Waals surface area contributed by atoms with Crippen molar-refractivity contribution in [2.24, 2.45) is 0 Å². The molecule has 0 unspecified atom stereocenters. The minimum Gasteiger partial charge on any atom is -0.306 e. The van der Waals surface area contributed by atoms with E-state index in [0.717, 1.165) is 0 Å². The van der Waals surface area contributed by atoms with Gasteiger partial charge >= 0.3 is 0 Å². The maximum Gasteiger partial charge on any atom is 0.251 e. The minimum absolute atomic E-state index is 0.278. The van der Waals surface area contributed by atoms with Crippen molar-refractivity contribution in [2.45, 2.75) is 0 Å². The van der Waals surface area contributed by atoms with E-state index in [2.05, 4.69) is 15.0 Å². The van der Waals surface area contributed by atoms with Gasteiger partial charge < -0.3 is 4.98 Å². The van der Waals surface area contributed by atoms with E-state index in [9.17, 15) is 9.18 Å². The smallest absolute Gasteiger partial charge is 0.251 e. The molecule has 0 aliphatic rings. The molecule has 5 heteroatoms. The summed E-state index contributed by atoms with van der Waals surface area (Å²) in [5, 5.41) is 0. The zero-order valence-corrected chi connectivity index (χ0v) is 10.4. The SMILES string of the molecule is O=c1cc(-c2ccccn2)nc(-c2ccc(F)cc2)[nH]1. The number of rotatable bonds is 2. The Kier molecular flexibility index (Phi) is 3.09. The van der Waals surface area contributed by atoms with Crippen LogP contribution in [0, 0.1) is 5.82 Å². The van der Waals surface area contributed by atoms with Crippen LogP contribution in [0.4, 0.5) is 4.39 Å². The Labute approximate surface area is 114 Å². The second kappa shape index (κ2) is 5.05. The maximum absolute atomic E-state index is 12.9. The number of pyridine rings is 1. The molecular formula is C15H10FN3O. The third-order valence-electron chi connectivity index (χ3n) is 2.79. The van der Waals surface area contributed by atoms with Crippen molar-refractivity contribution in [1.82, 2.24) is 15.0 Å². The standard InChI is InChI=1S/C15H10FN3O/c16-11-6-4-10(5-7-11)15-18-13(9-14(20)19-15)12-3-1-2-8-17-12/h1-9H,(H,18,19,20). The van der Waals surface area contributed by atoms with E-state index in [4.69, 9.17) is 0 Å². The molecule has 0 atom stereocenters. The van der Waals surface area contributed by atoms with Crippen LogP contribution in [0.1, 0.15) is 0 Å². The zero-order chi connectivity index (χ0) is 13.9. The first-order valence-electron chi connectivity index (χ1n) is 6.01. The molecule has 3 rings (SSSR count). The van der Waals surface area contributed by atoms with Gasteiger partial charge in [0.1, 0.15) is 11.6 Å². The fraction of sp³-hybridized carbons (Fsp3) is 0. The van der Waals surface area contributed by atoms with Gasteiger partial charge in [0, 0.05) is 17.8 Å². The van der Waals surface area contributed by atoms with Gasteiger partial charge in [-0.25, -0.2) is 9.37 Å². The number of hydrogen-bond acceptors (Lipinski definition) is 3. The van der Waals surface area contributed by atoms with Crippen molar-refractivity contribution in [3.63, 3.8) is 0 Å². The Hall–Kier alpha value is -2.82. The first kappa shape index (κ1) is 12.2. The van der Waals surface area contributed by atoms with Crippen LogP contribution in [0.5, 0.6) is 0 Å². The summed E-state index contributed by atoms with van der Waals surface area (Å²) >= 11 is 0. The number of nitrogens with zero attached hydrogens (tertiary/aromatic N) is 2. The monoisotopic (exact) mass is 267 g/mol. The number of benzene rings is 1. The summed E-state index contributed by atoms with van der Waals surface area (Å²) in [7, 11) is 0. The molecule has 3 aromatic rings. The summed E-state index contributed by atoms with van der Waals surface area (Å²) in [6.45, 7) is 0. The fourth-order valence-electron chi connectivity index (χ4n) is 1.85. The number of hydrogen-bond donors (Lipinski definition) is 1. The highest BCUT2D eigenvalue weighted by Gasteiger charge is 2.06. The fourth-order valence-corrected chi connectivity index (χ4v) is 1.85. The summed E-state index contributed by atoms with van der Waals surface area (Å²) in [6.07, 6.45) is 1.63. The normalized spacial score (nSPS) is 10.4. The molecule has 1 aromatic carbocycles. The van der Waals surface area contributed by atoms with E-state index in [1.165, 1.54) is 18.2 Å². The predicted molar refractivity (Wildman–Crippen MR) is 73.5 cm³/mol. The van der Waals surface area contributed by atoms with Crippen molar-refractivity contribution in [3.05, 3.63) is 70.9 Å². The number of aromatic amines is 1. The first-order chi connectivity index (χ1) is 9.72. The van der Waals surface area contributed by atoms with Gasteiger partial charge in [-0.2, -0.15) is 0 Å². The molecule has 4 nitrogen and oxygen atoms in total. The Morgan fingerprint density at radius 1 is 1.00 bits per heavy atom. The van der Waals surface area contributed by atoms with Crippen LogP contribution < -0.4 is 5.56 Å². The Morgan fingerprint density at radius 2 is 1.80 bits per heavy atom. The van der Waals surface area contributed by atoms with E-state index < -0.39 is 0 Å². The molecule has 0 saturated heterocycles. The molecule has 0 saturated carbocycles. The molecule has 0 radical (unpaired) electrons. The largest absolute Gasteiger partial charge is 0.306 e. The first-order valence-corrected chi connectivity index (χ1v) is 6.01. The van der Waals surface area contributed by atoms with Crippen LogP contribution in [-0.4, -0.2) is 15.0 Å². The van der Waals surface area contributed by atoms with Crippen molar-refractivity contribution >= 4 is 0 Å². The third-order valence-corrected chi connectivity index (χ3v) is 2.79. The lowest BCUT2D eigenvalue weighted by Crippen LogP contribution is -2.08. The molecule has 2 heterocycles. The molecule has 0 spiro atoms. The molecule has 2 aromatic heterocycles. The van der Waals surface area contributed by atoms with Crippen LogP contribution in [0.3, 0.4) is 0 Å². The van der Waals surface area contributed by atoms with E-state index in [0.29, 0.717) is 22.8 Å². The van der Waals surface area contributed by atoms with Crippen LogP contribution in [0.2, 0.25) is 0 Å². The lowest BCUT2D eigenvalue weighted by molar-refractivity contribution is 0.628. The highest BCUT2D eigenvalue weighted by molar-refractivity contribution is 5.60. The molecule has 1 N–H and O–H groups in total. The van der Waals surface area contributed by atoms with Crippen molar-refractivity contribution in [3.8, 4) is 22.8 Å². The molecule has 0 amide bonds. The van der Waals surface area contributed by atoms with E-state index >= 15 is 0 Å². The molecule has 98 valence electrons. The van der Waals surface area contributed by atoms with Gasteiger partial charge in [0.05, 0.1) is 11.4 Å². The molecular weight excluding hydrogens is 257 g/mol. The Balaban J connectivity index is 2.12. The summed E-state index contributed by atoms with van der Waals surface area (Å²) in [6, 6.07) is 12.5. The zero-order valence-electron chi connectivity index (χ0n) is 10.4. The number of halogens is 1. The lowest BCUT2D eigenvalue weighted by atomic mass is 10.2. The third kappa shape index (κ3) is 2.47. The Bertz CT molecular complexity index is 782. The predicted octanol–water partition coefficient (Wildman–Crippen LogP) is 2.64. The van der Waals surface area contributed by atoms with Crippen LogP contribution in [-0.2, 0) is 0 Å². The van der Waals surface area contributed by atoms with Gasteiger partial charge in [-0.05, 0) is 36.4 Å². The summed E-state index contributed by atoms with van der Waals surface area (Å²) in [5.74, 6) is 0.0510. The quantitative estimate of drug-likeness (QED) is 0.776. The average molecular weight is 267 g/mol. The second-order valence-electron chi connectivity index (χ2n) is 4.20. The van der Waals surface area contributed by atoms with Gasteiger partial charge in [0.15, 0.2) is 0 Å². The van der Waals surface area contributed by atoms with Gasteiger partial charge in [-0.15, -0.1) is 0 Å². The number of aromatic nitrogens is 3. The maximum atomic E-state index is 12.9. The molecule has 0 aliphatic heterocycles.